The molecule has 0 atom stereocenters. The number of ketones is 1. The fraction of sp³-hybridized carbons (Fsp3) is 0.125. The Bertz CT molecular complexity index is 594. The van der Waals surface area contributed by atoms with Crippen molar-refractivity contribution < 1.29 is 9.59 Å². The molecule has 0 saturated heterocycles. The SMILES string of the molecule is O=C(Cc1ccc(Br)cc1)NCC(=O)c1ccccc1. The van der Waals surface area contributed by atoms with Gasteiger partial charge in [-0.05, 0) is 17.7 Å². The summed E-state index contributed by atoms with van der Waals surface area (Å²) in [5.41, 5.74) is 1.52. The van der Waals surface area contributed by atoms with E-state index < -0.39 is 0 Å². The molecule has 0 saturated carbocycles. The maximum Gasteiger partial charge on any atom is 0.224 e. The average molecular weight is 332 g/mol. The van der Waals surface area contributed by atoms with Crippen LogP contribution in [0.3, 0.4) is 0 Å². The Kier molecular flexibility index (Phi) is 5.07. The second-order valence-electron chi connectivity index (χ2n) is 4.37. The molecule has 0 bridgehead atoms. The summed E-state index contributed by atoms with van der Waals surface area (Å²) < 4.78 is 0.973. The zero-order chi connectivity index (χ0) is 14.4. The number of hydrogen-bond donors (Lipinski definition) is 1. The van der Waals surface area contributed by atoms with E-state index >= 15 is 0 Å². The molecule has 1 amide bonds. The molecule has 4 heteroatoms. The van der Waals surface area contributed by atoms with E-state index in [0.29, 0.717) is 5.56 Å². The molecule has 0 fully saturated rings. The summed E-state index contributed by atoms with van der Waals surface area (Å²) >= 11 is 3.34. The third-order valence-electron chi connectivity index (χ3n) is 2.82. The highest BCUT2D eigenvalue weighted by molar-refractivity contribution is 9.10. The third-order valence-corrected chi connectivity index (χ3v) is 3.35. The van der Waals surface area contributed by atoms with Crippen molar-refractivity contribution in [1.29, 1.82) is 0 Å². The highest BCUT2D eigenvalue weighted by atomic mass is 79.9. The second kappa shape index (κ2) is 7.01. The lowest BCUT2D eigenvalue weighted by Crippen LogP contribution is -2.30. The molecule has 1 N–H and O–H groups in total. The predicted molar refractivity (Wildman–Crippen MR) is 81.6 cm³/mol. The van der Waals surface area contributed by atoms with Gasteiger partial charge in [-0.2, -0.15) is 0 Å². The van der Waals surface area contributed by atoms with Gasteiger partial charge in [0.25, 0.3) is 0 Å². The zero-order valence-corrected chi connectivity index (χ0v) is 12.4. The van der Waals surface area contributed by atoms with Crippen molar-refractivity contribution in [3.05, 3.63) is 70.2 Å². The Hall–Kier alpha value is -1.94. The van der Waals surface area contributed by atoms with Crippen LogP contribution < -0.4 is 5.32 Å². The van der Waals surface area contributed by atoms with Crippen LogP contribution in [0.2, 0.25) is 0 Å². The van der Waals surface area contributed by atoms with Gasteiger partial charge in [0.05, 0.1) is 13.0 Å². The lowest BCUT2D eigenvalue weighted by atomic mass is 10.1. The molecule has 0 heterocycles. The van der Waals surface area contributed by atoms with Gasteiger partial charge in [0.1, 0.15) is 0 Å². The normalized spacial score (nSPS) is 10.1. The summed E-state index contributed by atoms with van der Waals surface area (Å²) in [4.78, 5) is 23.6. The number of Topliss-reactive ketones (excluding diaryl/α,β-unsaturated/α-hetero) is 1. The monoisotopic (exact) mass is 331 g/mol. The molecule has 3 nitrogen and oxygen atoms in total. The summed E-state index contributed by atoms with van der Waals surface area (Å²) in [6.45, 7) is 0.0272. The molecule has 0 spiro atoms. The third kappa shape index (κ3) is 4.31. The average Bonchev–Trinajstić information content (AvgIpc) is 2.48. The molecule has 2 rings (SSSR count). The number of rotatable bonds is 5. The molecule has 0 aliphatic rings. The summed E-state index contributed by atoms with van der Waals surface area (Å²) in [6.07, 6.45) is 0.273. The van der Waals surface area contributed by atoms with E-state index in [-0.39, 0.29) is 24.7 Å². The first-order valence-corrected chi connectivity index (χ1v) is 7.04. The van der Waals surface area contributed by atoms with Gasteiger partial charge in [0.2, 0.25) is 5.91 Å². The first-order valence-electron chi connectivity index (χ1n) is 6.24. The van der Waals surface area contributed by atoms with Crippen molar-refractivity contribution >= 4 is 27.6 Å². The molecular weight excluding hydrogens is 318 g/mol. The van der Waals surface area contributed by atoms with E-state index in [2.05, 4.69) is 21.2 Å². The van der Waals surface area contributed by atoms with Crippen LogP contribution in [-0.4, -0.2) is 18.2 Å². The van der Waals surface area contributed by atoms with Crippen LogP contribution in [0.5, 0.6) is 0 Å². The van der Waals surface area contributed by atoms with Crippen molar-refractivity contribution in [1.82, 2.24) is 5.32 Å². The van der Waals surface area contributed by atoms with Crippen LogP contribution in [0.4, 0.5) is 0 Å². The van der Waals surface area contributed by atoms with Crippen LogP contribution in [0.1, 0.15) is 15.9 Å². The number of carbonyl (C=O) groups is 2. The van der Waals surface area contributed by atoms with E-state index in [1.54, 1.807) is 24.3 Å². The minimum atomic E-state index is -0.156. The van der Waals surface area contributed by atoms with Crippen LogP contribution >= 0.6 is 15.9 Å². The number of hydrogen-bond acceptors (Lipinski definition) is 2. The van der Waals surface area contributed by atoms with Gasteiger partial charge < -0.3 is 5.32 Å². The molecule has 102 valence electrons. The highest BCUT2D eigenvalue weighted by Crippen LogP contribution is 2.10. The Morgan fingerprint density at radius 2 is 1.60 bits per heavy atom. The van der Waals surface area contributed by atoms with Crippen molar-refractivity contribution in [3.63, 3.8) is 0 Å². The van der Waals surface area contributed by atoms with E-state index in [1.165, 1.54) is 0 Å². The first kappa shape index (κ1) is 14.5. The largest absolute Gasteiger partial charge is 0.348 e. The molecular formula is C16H14BrNO2. The molecule has 0 aliphatic carbocycles. The predicted octanol–water partition coefficient (Wildman–Crippen LogP) is 2.99. The van der Waals surface area contributed by atoms with E-state index in [9.17, 15) is 9.59 Å². The molecule has 0 unspecified atom stereocenters. The minimum absolute atomic E-state index is 0.0272. The number of benzene rings is 2. The molecule has 20 heavy (non-hydrogen) atoms. The summed E-state index contributed by atoms with van der Waals surface area (Å²) in [7, 11) is 0. The van der Waals surface area contributed by atoms with Gasteiger partial charge in [-0.25, -0.2) is 0 Å². The van der Waals surface area contributed by atoms with Gasteiger partial charge >= 0.3 is 0 Å². The van der Waals surface area contributed by atoms with Gasteiger partial charge in [-0.1, -0.05) is 58.4 Å². The zero-order valence-electron chi connectivity index (χ0n) is 10.8. The van der Waals surface area contributed by atoms with Gasteiger partial charge in [-0.3, -0.25) is 9.59 Å². The summed E-state index contributed by atoms with van der Waals surface area (Å²) in [5.74, 6) is -0.244. The highest BCUT2D eigenvalue weighted by Gasteiger charge is 2.08. The summed E-state index contributed by atoms with van der Waals surface area (Å²) in [5, 5.41) is 2.64. The summed E-state index contributed by atoms with van der Waals surface area (Å²) in [6, 6.07) is 16.5. The van der Waals surface area contributed by atoms with Crippen LogP contribution in [-0.2, 0) is 11.2 Å². The van der Waals surface area contributed by atoms with Crippen LogP contribution in [0.25, 0.3) is 0 Å². The van der Waals surface area contributed by atoms with Crippen LogP contribution in [0.15, 0.2) is 59.1 Å². The number of halogens is 1. The lowest BCUT2D eigenvalue weighted by Gasteiger charge is -2.05. The Morgan fingerprint density at radius 1 is 0.950 bits per heavy atom. The maximum absolute atomic E-state index is 11.8. The number of amides is 1. The fourth-order valence-electron chi connectivity index (χ4n) is 1.76. The van der Waals surface area contributed by atoms with Crippen LogP contribution in [0, 0.1) is 0 Å². The Morgan fingerprint density at radius 3 is 2.25 bits per heavy atom. The van der Waals surface area contributed by atoms with E-state index in [1.807, 2.05) is 30.3 Å². The van der Waals surface area contributed by atoms with Crippen molar-refractivity contribution in [2.75, 3.05) is 6.54 Å². The maximum atomic E-state index is 11.8. The molecule has 0 aliphatic heterocycles. The van der Waals surface area contributed by atoms with E-state index in [4.69, 9.17) is 0 Å². The van der Waals surface area contributed by atoms with Gasteiger partial charge in [0.15, 0.2) is 5.78 Å². The molecule has 2 aromatic carbocycles. The lowest BCUT2D eigenvalue weighted by molar-refractivity contribution is -0.120. The quantitative estimate of drug-likeness (QED) is 0.856. The smallest absolute Gasteiger partial charge is 0.224 e. The van der Waals surface area contributed by atoms with Gasteiger partial charge in [-0.15, -0.1) is 0 Å². The minimum Gasteiger partial charge on any atom is -0.348 e. The van der Waals surface area contributed by atoms with Gasteiger partial charge in [0, 0.05) is 10.0 Å². The molecule has 2 aromatic rings. The number of nitrogens with one attached hydrogen (secondary N) is 1. The standard InChI is InChI=1S/C16H14BrNO2/c17-14-8-6-12(7-9-14)10-16(20)18-11-15(19)13-4-2-1-3-5-13/h1-9H,10-11H2,(H,18,20). The number of carbonyl (C=O) groups excluding carboxylic acids is 2. The van der Waals surface area contributed by atoms with Crippen molar-refractivity contribution in [2.24, 2.45) is 0 Å². The second-order valence-corrected chi connectivity index (χ2v) is 5.28. The molecule has 0 radical (unpaired) electrons. The van der Waals surface area contributed by atoms with E-state index in [0.717, 1.165) is 10.0 Å². The Balaban J connectivity index is 1.83. The molecule has 0 aromatic heterocycles. The van der Waals surface area contributed by atoms with Crippen molar-refractivity contribution in [3.8, 4) is 0 Å². The fourth-order valence-corrected chi connectivity index (χ4v) is 2.02. The Labute approximate surface area is 126 Å². The van der Waals surface area contributed by atoms with Crippen molar-refractivity contribution in [2.45, 2.75) is 6.42 Å². The first-order chi connectivity index (χ1) is 9.65. The topological polar surface area (TPSA) is 46.2 Å².